The van der Waals surface area contributed by atoms with Gasteiger partial charge < -0.3 is 10.2 Å². The quantitative estimate of drug-likeness (QED) is 0.687. The molecule has 8 heteroatoms. The van der Waals surface area contributed by atoms with Crippen LogP contribution in [0.3, 0.4) is 0 Å². The zero-order chi connectivity index (χ0) is 22.1. The van der Waals surface area contributed by atoms with Crippen molar-refractivity contribution in [3.63, 3.8) is 0 Å². The molecule has 2 amide bonds. The van der Waals surface area contributed by atoms with Crippen molar-refractivity contribution in [3.8, 4) is 0 Å². The average molecular weight is 419 g/mol. The first kappa shape index (κ1) is 20.6. The summed E-state index contributed by atoms with van der Waals surface area (Å²) in [7, 11) is 0. The molecule has 1 aliphatic rings. The lowest BCUT2D eigenvalue weighted by atomic mass is 10.1. The maximum atomic E-state index is 13.0. The van der Waals surface area contributed by atoms with Crippen molar-refractivity contribution in [1.29, 1.82) is 0 Å². The molecule has 8 nitrogen and oxygen atoms in total. The van der Waals surface area contributed by atoms with Crippen LogP contribution in [0.15, 0.2) is 47.3 Å². The Morgan fingerprint density at radius 1 is 0.968 bits per heavy atom. The van der Waals surface area contributed by atoms with Crippen LogP contribution in [0.5, 0.6) is 0 Å². The Kier molecular flexibility index (Phi) is 5.46. The molecule has 0 spiro atoms. The maximum Gasteiger partial charge on any atom is 0.346 e. The van der Waals surface area contributed by atoms with E-state index in [0.29, 0.717) is 19.6 Å². The summed E-state index contributed by atoms with van der Waals surface area (Å²) in [5.41, 5.74) is 4.31. The molecule has 0 radical (unpaired) electrons. The van der Waals surface area contributed by atoms with Crippen molar-refractivity contribution >= 4 is 17.5 Å². The summed E-state index contributed by atoms with van der Waals surface area (Å²) < 4.78 is 2.41. The maximum absolute atomic E-state index is 13.0. The number of para-hydroxylation sites is 1. The molecule has 3 aromatic rings. The third-order valence-corrected chi connectivity index (χ3v) is 5.66. The fourth-order valence-electron chi connectivity index (χ4n) is 3.84. The first-order valence-electron chi connectivity index (χ1n) is 10.2. The standard InChI is InChI=1S/C23H25N5O3/c1-15-7-4-5-10-18(15)13-26-11-12-27-21(22(26)30)25-28(23(27)31)14-19(29)24-20-16(2)8-6-9-17(20)3/h4-10H,11-14H2,1-3H3,(H,24,29). The highest BCUT2D eigenvalue weighted by molar-refractivity contribution is 5.93. The first-order valence-corrected chi connectivity index (χ1v) is 10.2. The van der Waals surface area contributed by atoms with Gasteiger partial charge in [0.15, 0.2) is 0 Å². The summed E-state index contributed by atoms with van der Waals surface area (Å²) in [6.07, 6.45) is 0. The number of hydrogen-bond donors (Lipinski definition) is 1. The Morgan fingerprint density at radius 2 is 1.65 bits per heavy atom. The molecule has 160 valence electrons. The van der Waals surface area contributed by atoms with Crippen LogP contribution in [0.2, 0.25) is 0 Å². The van der Waals surface area contributed by atoms with E-state index in [1.165, 1.54) is 4.57 Å². The number of carbonyl (C=O) groups is 2. The second-order valence-corrected chi connectivity index (χ2v) is 7.88. The predicted octanol–water partition coefficient (Wildman–Crippen LogP) is 2.26. The second-order valence-electron chi connectivity index (χ2n) is 7.88. The van der Waals surface area contributed by atoms with Crippen molar-refractivity contribution in [2.45, 2.75) is 40.4 Å². The smallest absolute Gasteiger partial charge is 0.330 e. The molecule has 0 bridgehead atoms. The molecule has 31 heavy (non-hydrogen) atoms. The largest absolute Gasteiger partial charge is 0.346 e. The van der Waals surface area contributed by atoms with Gasteiger partial charge in [-0.2, -0.15) is 0 Å². The molecular weight excluding hydrogens is 394 g/mol. The lowest BCUT2D eigenvalue weighted by Gasteiger charge is -2.27. The van der Waals surface area contributed by atoms with E-state index < -0.39 is 5.69 Å². The van der Waals surface area contributed by atoms with Gasteiger partial charge in [0.25, 0.3) is 5.91 Å². The summed E-state index contributed by atoms with van der Waals surface area (Å²) in [6, 6.07) is 13.6. The number of benzene rings is 2. The molecule has 1 aliphatic heterocycles. The van der Waals surface area contributed by atoms with Gasteiger partial charge in [-0.05, 0) is 43.0 Å². The molecule has 2 aromatic carbocycles. The number of nitrogens with zero attached hydrogens (tertiary/aromatic N) is 4. The summed E-state index contributed by atoms with van der Waals surface area (Å²) >= 11 is 0. The second kappa shape index (κ2) is 8.22. The number of nitrogens with one attached hydrogen (secondary N) is 1. The van der Waals surface area contributed by atoms with Crippen molar-refractivity contribution < 1.29 is 9.59 Å². The van der Waals surface area contributed by atoms with Crippen LogP contribution < -0.4 is 11.0 Å². The van der Waals surface area contributed by atoms with Gasteiger partial charge in [-0.15, -0.1) is 5.10 Å². The van der Waals surface area contributed by atoms with E-state index in [1.54, 1.807) is 4.90 Å². The Labute approximate surface area is 180 Å². The average Bonchev–Trinajstić information content (AvgIpc) is 3.05. The summed E-state index contributed by atoms with van der Waals surface area (Å²) in [5, 5.41) is 7.04. The molecule has 4 rings (SSSR count). The van der Waals surface area contributed by atoms with Gasteiger partial charge >= 0.3 is 5.69 Å². The normalized spacial score (nSPS) is 13.3. The van der Waals surface area contributed by atoms with Crippen LogP contribution in [0, 0.1) is 20.8 Å². The first-order chi connectivity index (χ1) is 14.8. The van der Waals surface area contributed by atoms with E-state index in [0.717, 1.165) is 32.6 Å². The summed E-state index contributed by atoms with van der Waals surface area (Å²) in [4.78, 5) is 39.9. The number of fused-ring (bicyclic) bond motifs is 1. The summed E-state index contributed by atoms with van der Waals surface area (Å²) in [5.74, 6) is -0.593. The fraction of sp³-hybridized carbons (Fsp3) is 0.304. The number of aromatic nitrogens is 3. The van der Waals surface area contributed by atoms with Gasteiger partial charge in [0.2, 0.25) is 11.7 Å². The molecule has 1 aromatic heterocycles. The Hall–Kier alpha value is -3.68. The highest BCUT2D eigenvalue weighted by Gasteiger charge is 2.30. The number of rotatable bonds is 5. The Balaban J connectivity index is 1.52. The molecule has 0 saturated heterocycles. The highest BCUT2D eigenvalue weighted by atomic mass is 16.2. The van der Waals surface area contributed by atoms with Crippen molar-refractivity contribution in [1.82, 2.24) is 19.2 Å². The van der Waals surface area contributed by atoms with Gasteiger partial charge in [0.1, 0.15) is 6.54 Å². The molecular formula is C23H25N5O3. The topological polar surface area (TPSA) is 89.2 Å². The number of hydrogen-bond acceptors (Lipinski definition) is 4. The van der Waals surface area contributed by atoms with E-state index >= 15 is 0 Å². The zero-order valence-electron chi connectivity index (χ0n) is 17.9. The van der Waals surface area contributed by atoms with E-state index in [1.807, 2.05) is 63.2 Å². The number of aryl methyl sites for hydroxylation is 3. The highest BCUT2D eigenvalue weighted by Crippen LogP contribution is 2.19. The van der Waals surface area contributed by atoms with Crippen LogP contribution in [0.25, 0.3) is 0 Å². The monoisotopic (exact) mass is 419 g/mol. The third kappa shape index (κ3) is 4.01. The molecule has 1 N–H and O–H groups in total. The van der Waals surface area contributed by atoms with Gasteiger partial charge in [0.05, 0.1) is 0 Å². The van der Waals surface area contributed by atoms with Crippen molar-refractivity contribution in [3.05, 3.63) is 81.0 Å². The Bertz CT molecular complexity index is 1200. The molecule has 0 atom stereocenters. The fourth-order valence-corrected chi connectivity index (χ4v) is 3.84. The van der Waals surface area contributed by atoms with Crippen LogP contribution >= 0.6 is 0 Å². The SMILES string of the molecule is Cc1ccccc1CN1CCn2c(nn(CC(=O)Nc3c(C)cccc3C)c2=O)C1=O. The minimum absolute atomic E-state index is 0.0738. The molecule has 0 unspecified atom stereocenters. The van der Waals surface area contributed by atoms with E-state index in [9.17, 15) is 14.4 Å². The van der Waals surface area contributed by atoms with E-state index in [-0.39, 0.29) is 24.2 Å². The lowest BCUT2D eigenvalue weighted by molar-refractivity contribution is -0.117. The summed E-state index contributed by atoms with van der Waals surface area (Å²) in [6.45, 7) is 6.79. The minimum atomic E-state index is -0.449. The van der Waals surface area contributed by atoms with Crippen molar-refractivity contribution in [2.24, 2.45) is 0 Å². The minimum Gasteiger partial charge on any atom is -0.330 e. The van der Waals surface area contributed by atoms with Gasteiger partial charge in [-0.25, -0.2) is 9.48 Å². The van der Waals surface area contributed by atoms with Crippen molar-refractivity contribution in [2.75, 3.05) is 11.9 Å². The Morgan fingerprint density at radius 3 is 2.35 bits per heavy atom. The van der Waals surface area contributed by atoms with E-state index in [4.69, 9.17) is 0 Å². The van der Waals surface area contributed by atoms with Crippen LogP contribution in [-0.2, 0) is 24.4 Å². The molecule has 0 saturated carbocycles. The van der Waals surface area contributed by atoms with E-state index in [2.05, 4.69) is 10.4 Å². The predicted molar refractivity (Wildman–Crippen MR) is 117 cm³/mol. The van der Waals surface area contributed by atoms with Gasteiger partial charge in [0, 0.05) is 25.3 Å². The lowest BCUT2D eigenvalue weighted by Crippen LogP contribution is -2.42. The van der Waals surface area contributed by atoms with Crippen LogP contribution in [0.4, 0.5) is 5.69 Å². The zero-order valence-corrected chi connectivity index (χ0v) is 17.9. The van der Waals surface area contributed by atoms with Crippen LogP contribution in [0.1, 0.15) is 32.9 Å². The third-order valence-electron chi connectivity index (χ3n) is 5.66. The molecule has 0 fully saturated rings. The van der Waals surface area contributed by atoms with Gasteiger partial charge in [-0.1, -0.05) is 42.5 Å². The van der Waals surface area contributed by atoms with Gasteiger partial charge in [-0.3, -0.25) is 14.2 Å². The number of carbonyl (C=O) groups excluding carboxylic acids is 2. The number of anilines is 1. The molecule has 0 aliphatic carbocycles. The number of amides is 2. The van der Waals surface area contributed by atoms with Crippen LogP contribution in [-0.4, -0.2) is 37.6 Å². The molecule has 2 heterocycles.